The van der Waals surface area contributed by atoms with Crippen molar-refractivity contribution in [2.45, 2.75) is 33.1 Å². The first-order valence-corrected chi connectivity index (χ1v) is 14.2. The maximum Gasteiger partial charge on any atom is 0.257 e. The smallest absolute Gasteiger partial charge is 0.257 e. The fraction of sp³-hybridized carbons (Fsp3) is 0.226. The molecule has 2 aromatic heterocycles. The SMILES string of the molecule is CCCCOc1cccc(C(=O)Nc2nnc(-c3cn(-c4ccccc4)nc3-c3cccc(OCCC)c3)s2)c1. The van der Waals surface area contributed by atoms with Crippen molar-refractivity contribution in [3.63, 3.8) is 0 Å². The fourth-order valence-electron chi connectivity index (χ4n) is 4.02. The lowest BCUT2D eigenvalue weighted by atomic mass is 10.1. The van der Waals surface area contributed by atoms with E-state index in [0.29, 0.717) is 34.7 Å². The number of rotatable bonds is 12. The van der Waals surface area contributed by atoms with Crippen LogP contribution in [0.4, 0.5) is 5.13 Å². The molecule has 40 heavy (non-hydrogen) atoms. The summed E-state index contributed by atoms with van der Waals surface area (Å²) >= 11 is 1.30. The predicted octanol–water partition coefficient (Wildman–Crippen LogP) is 7.28. The second-order valence-corrected chi connectivity index (χ2v) is 10.1. The van der Waals surface area contributed by atoms with Gasteiger partial charge in [-0.25, -0.2) is 4.68 Å². The van der Waals surface area contributed by atoms with E-state index in [9.17, 15) is 4.79 Å². The van der Waals surface area contributed by atoms with Gasteiger partial charge >= 0.3 is 0 Å². The van der Waals surface area contributed by atoms with Crippen LogP contribution in [0.3, 0.4) is 0 Å². The van der Waals surface area contributed by atoms with Gasteiger partial charge in [-0.3, -0.25) is 10.1 Å². The maximum atomic E-state index is 13.0. The third kappa shape index (κ3) is 6.55. The number of unbranched alkanes of at least 4 members (excludes halogenated alkanes) is 1. The molecule has 204 valence electrons. The standard InChI is InChI=1S/C31H31N5O3S/c1-3-5-18-39-26-16-10-12-23(20-26)29(37)32-31-34-33-30(40-31)27-21-36(24-13-7-6-8-14-24)35-28(27)22-11-9-15-25(19-22)38-17-4-2/h6-16,19-21H,3-5,17-18H2,1-2H3,(H,32,34,37). The molecular weight excluding hydrogens is 522 g/mol. The number of nitrogens with one attached hydrogen (secondary N) is 1. The average Bonchev–Trinajstić information content (AvgIpc) is 3.65. The van der Waals surface area contributed by atoms with E-state index in [1.165, 1.54) is 11.3 Å². The molecule has 0 spiro atoms. The van der Waals surface area contributed by atoms with Gasteiger partial charge in [0.05, 0.1) is 24.5 Å². The van der Waals surface area contributed by atoms with Gasteiger partial charge in [0.1, 0.15) is 17.2 Å². The van der Waals surface area contributed by atoms with Crippen LogP contribution in [0.2, 0.25) is 0 Å². The zero-order valence-corrected chi connectivity index (χ0v) is 23.4. The maximum absolute atomic E-state index is 13.0. The molecule has 9 heteroatoms. The summed E-state index contributed by atoms with van der Waals surface area (Å²) in [4.78, 5) is 13.0. The molecule has 0 saturated heterocycles. The van der Waals surface area contributed by atoms with Gasteiger partial charge in [0.25, 0.3) is 5.91 Å². The Morgan fingerprint density at radius 3 is 2.45 bits per heavy atom. The lowest BCUT2D eigenvalue weighted by molar-refractivity contribution is 0.102. The Hall–Kier alpha value is -4.50. The second-order valence-electron chi connectivity index (χ2n) is 9.14. The minimum atomic E-state index is -0.274. The van der Waals surface area contributed by atoms with Crippen LogP contribution in [0.5, 0.6) is 11.5 Å². The van der Waals surface area contributed by atoms with Crippen LogP contribution in [-0.4, -0.2) is 39.1 Å². The molecule has 1 N–H and O–H groups in total. The highest BCUT2D eigenvalue weighted by Crippen LogP contribution is 2.36. The summed E-state index contributed by atoms with van der Waals surface area (Å²) in [7, 11) is 0. The summed E-state index contributed by atoms with van der Waals surface area (Å²) in [6.45, 7) is 5.45. The number of hydrogen-bond donors (Lipinski definition) is 1. The lowest BCUT2D eigenvalue weighted by Gasteiger charge is -2.07. The number of benzene rings is 3. The number of nitrogens with zero attached hydrogens (tertiary/aromatic N) is 4. The van der Waals surface area contributed by atoms with E-state index in [1.54, 1.807) is 12.1 Å². The Labute approximate surface area is 237 Å². The van der Waals surface area contributed by atoms with Crippen molar-refractivity contribution in [1.82, 2.24) is 20.0 Å². The number of amides is 1. The summed E-state index contributed by atoms with van der Waals surface area (Å²) in [6, 6.07) is 24.9. The third-order valence-electron chi connectivity index (χ3n) is 6.05. The van der Waals surface area contributed by atoms with Gasteiger partial charge in [-0.1, -0.05) is 68.0 Å². The predicted molar refractivity (Wildman–Crippen MR) is 158 cm³/mol. The van der Waals surface area contributed by atoms with E-state index in [-0.39, 0.29) is 5.91 Å². The van der Waals surface area contributed by atoms with Crippen LogP contribution in [0.15, 0.2) is 85.1 Å². The van der Waals surface area contributed by atoms with Crippen molar-refractivity contribution in [2.24, 2.45) is 0 Å². The molecular formula is C31H31N5O3S. The summed E-state index contributed by atoms with van der Waals surface area (Å²) in [5, 5.41) is 17.5. The monoisotopic (exact) mass is 553 g/mol. The van der Waals surface area contributed by atoms with E-state index < -0.39 is 0 Å². The van der Waals surface area contributed by atoms with E-state index in [1.807, 2.05) is 77.6 Å². The van der Waals surface area contributed by atoms with Crippen molar-refractivity contribution in [3.8, 4) is 39.0 Å². The molecule has 3 aromatic carbocycles. The zero-order valence-electron chi connectivity index (χ0n) is 22.5. The lowest BCUT2D eigenvalue weighted by Crippen LogP contribution is -2.11. The van der Waals surface area contributed by atoms with Gasteiger partial charge in [-0.2, -0.15) is 5.10 Å². The van der Waals surface area contributed by atoms with Gasteiger partial charge in [0, 0.05) is 17.3 Å². The van der Waals surface area contributed by atoms with Gasteiger partial charge in [0.2, 0.25) is 5.13 Å². The molecule has 0 fully saturated rings. The topological polar surface area (TPSA) is 91.2 Å². The number of hydrogen-bond acceptors (Lipinski definition) is 7. The van der Waals surface area contributed by atoms with Crippen LogP contribution in [0.25, 0.3) is 27.5 Å². The molecule has 0 radical (unpaired) electrons. The van der Waals surface area contributed by atoms with Crippen LogP contribution >= 0.6 is 11.3 Å². The summed E-state index contributed by atoms with van der Waals surface area (Å²) < 4.78 is 13.4. The first kappa shape index (κ1) is 27.1. The molecule has 0 aliphatic rings. The van der Waals surface area contributed by atoms with E-state index in [2.05, 4.69) is 29.4 Å². The second kappa shape index (κ2) is 13.0. The van der Waals surface area contributed by atoms with Crippen molar-refractivity contribution < 1.29 is 14.3 Å². The molecule has 0 unspecified atom stereocenters. The minimum absolute atomic E-state index is 0.274. The molecule has 0 aliphatic carbocycles. The van der Waals surface area contributed by atoms with Crippen LogP contribution in [-0.2, 0) is 0 Å². The van der Waals surface area contributed by atoms with Gasteiger partial charge < -0.3 is 9.47 Å². The van der Waals surface area contributed by atoms with Crippen molar-refractivity contribution in [3.05, 3.63) is 90.6 Å². The zero-order chi connectivity index (χ0) is 27.7. The number of carbonyl (C=O) groups is 1. The van der Waals surface area contributed by atoms with Crippen molar-refractivity contribution in [1.29, 1.82) is 0 Å². The quantitative estimate of drug-likeness (QED) is 0.163. The Kier molecular flexibility index (Phi) is 8.83. The van der Waals surface area contributed by atoms with Crippen molar-refractivity contribution >= 4 is 22.4 Å². The molecule has 1 amide bonds. The van der Waals surface area contributed by atoms with Crippen LogP contribution in [0, 0.1) is 0 Å². The molecule has 8 nitrogen and oxygen atoms in total. The van der Waals surface area contributed by atoms with Gasteiger partial charge in [0.15, 0.2) is 5.01 Å². The number of ether oxygens (including phenoxy) is 2. The first-order chi connectivity index (χ1) is 19.6. The third-order valence-corrected chi connectivity index (χ3v) is 6.93. The highest BCUT2D eigenvalue weighted by molar-refractivity contribution is 7.18. The Morgan fingerprint density at radius 2 is 1.65 bits per heavy atom. The van der Waals surface area contributed by atoms with Gasteiger partial charge in [-0.05, 0) is 55.3 Å². The average molecular weight is 554 g/mol. The molecule has 5 rings (SSSR count). The van der Waals surface area contributed by atoms with E-state index >= 15 is 0 Å². The number of anilines is 1. The van der Waals surface area contributed by atoms with Crippen LogP contribution < -0.4 is 14.8 Å². The van der Waals surface area contributed by atoms with Crippen LogP contribution in [0.1, 0.15) is 43.5 Å². The molecule has 5 aromatic rings. The van der Waals surface area contributed by atoms with Gasteiger partial charge in [-0.15, -0.1) is 10.2 Å². The first-order valence-electron chi connectivity index (χ1n) is 13.4. The molecule has 0 aliphatic heterocycles. The van der Waals surface area contributed by atoms with E-state index in [0.717, 1.165) is 47.5 Å². The molecule has 0 bridgehead atoms. The number of aromatic nitrogens is 4. The molecule has 0 atom stereocenters. The van der Waals surface area contributed by atoms with Crippen molar-refractivity contribution in [2.75, 3.05) is 18.5 Å². The molecule has 0 saturated carbocycles. The minimum Gasteiger partial charge on any atom is -0.494 e. The summed E-state index contributed by atoms with van der Waals surface area (Å²) in [6.07, 6.45) is 4.87. The summed E-state index contributed by atoms with van der Waals surface area (Å²) in [5.41, 5.74) is 3.87. The fourth-order valence-corrected chi connectivity index (χ4v) is 4.77. The summed E-state index contributed by atoms with van der Waals surface area (Å²) in [5.74, 6) is 1.18. The molecule has 2 heterocycles. The Morgan fingerprint density at radius 1 is 0.875 bits per heavy atom. The number of para-hydroxylation sites is 1. The number of carbonyl (C=O) groups excluding carboxylic acids is 1. The highest BCUT2D eigenvalue weighted by atomic mass is 32.1. The van der Waals surface area contributed by atoms with E-state index in [4.69, 9.17) is 14.6 Å². The Bertz CT molecular complexity index is 1560. The normalized spacial score (nSPS) is 10.8. The largest absolute Gasteiger partial charge is 0.494 e. The Balaban J connectivity index is 1.42. The highest BCUT2D eigenvalue weighted by Gasteiger charge is 2.19.